The van der Waals surface area contributed by atoms with Crippen molar-refractivity contribution >= 4 is 11.8 Å². The van der Waals surface area contributed by atoms with Gasteiger partial charge in [0.25, 0.3) is 0 Å². The van der Waals surface area contributed by atoms with Gasteiger partial charge in [0, 0.05) is 6.04 Å². The van der Waals surface area contributed by atoms with Crippen molar-refractivity contribution in [3.05, 3.63) is 0 Å². The number of alkyl halides is 3. The van der Waals surface area contributed by atoms with Gasteiger partial charge in [-0.05, 0) is 12.8 Å². The van der Waals surface area contributed by atoms with Crippen LogP contribution in [-0.4, -0.2) is 43.7 Å². The third kappa shape index (κ3) is 7.56. The van der Waals surface area contributed by atoms with Crippen LogP contribution < -0.4 is 16.0 Å². The number of carbonyl (C=O) groups excluding carboxylic acids is 2. The molecule has 0 aromatic carbocycles. The highest BCUT2D eigenvalue weighted by molar-refractivity contribution is 5.85. The molecule has 17 heavy (non-hydrogen) atoms. The number of hydrogen-bond donors (Lipinski definition) is 3. The van der Waals surface area contributed by atoms with Crippen LogP contribution in [0, 0.1) is 0 Å². The molecule has 8 heteroatoms. The third-order valence-corrected chi connectivity index (χ3v) is 2.06. The van der Waals surface area contributed by atoms with Gasteiger partial charge in [-0.1, -0.05) is 0 Å². The molecule has 98 valence electrons. The Morgan fingerprint density at radius 1 is 1.06 bits per heavy atom. The summed E-state index contributed by atoms with van der Waals surface area (Å²) in [6.45, 7) is -1.75. The lowest BCUT2D eigenvalue weighted by Crippen LogP contribution is -2.43. The second-order valence-electron chi connectivity index (χ2n) is 3.82. The fourth-order valence-electron chi connectivity index (χ4n) is 1.03. The first-order chi connectivity index (χ1) is 7.87. The van der Waals surface area contributed by atoms with E-state index in [4.69, 9.17) is 0 Å². The molecule has 1 aliphatic rings. The standard InChI is InChI=1S/C9H14F3N3O2/c10-9(11,12)5-15-8(17)4-14-7(16)3-13-6-1-2-6/h6,13H,1-5H2,(H,14,16)(H,15,17). The lowest BCUT2D eigenvalue weighted by Gasteiger charge is -2.09. The second kappa shape index (κ2) is 5.85. The summed E-state index contributed by atoms with van der Waals surface area (Å²) in [7, 11) is 0. The summed E-state index contributed by atoms with van der Waals surface area (Å²) in [4.78, 5) is 22.0. The van der Waals surface area contributed by atoms with Crippen LogP contribution in [0.25, 0.3) is 0 Å². The molecule has 0 saturated heterocycles. The normalized spacial score (nSPS) is 15.5. The highest BCUT2D eigenvalue weighted by atomic mass is 19.4. The molecule has 1 saturated carbocycles. The number of rotatable bonds is 6. The topological polar surface area (TPSA) is 70.2 Å². The first-order valence-corrected chi connectivity index (χ1v) is 5.20. The van der Waals surface area contributed by atoms with Gasteiger partial charge in [-0.3, -0.25) is 9.59 Å². The van der Waals surface area contributed by atoms with Crippen LogP contribution in [0.4, 0.5) is 13.2 Å². The average Bonchev–Trinajstić information content (AvgIpc) is 3.03. The first kappa shape index (κ1) is 13.8. The SMILES string of the molecule is O=C(CNC(=O)CNC1CC1)NCC(F)(F)F. The Morgan fingerprint density at radius 3 is 2.18 bits per heavy atom. The van der Waals surface area contributed by atoms with E-state index in [-0.39, 0.29) is 6.54 Å². The van der Waals surface area contributed by atoms with Crippen LogP contribution in [-0.2, 0) is 9.59 Å². The van der Waals surface area contributed by atoms with Gasteiger partial charge in [-0.15, -0.1) is 0 Å². The molecule has 1 fully saturated rings. The molecule has 0 heterocycles. The van der Waals surface area contributed by atoms with Crippen molar-refractivity contribution in [2.75, 3.05) is 19.6 Å². The van der Waals surface area contributed by atoms with Crippen LogP contribution in [0.5, 0.6) is 0 Å². The van der Waals surface area contributed by atoms with E-state index < -0.39 is 31.1 Å². The van der Waals surface area contributed by atoms with E-state index in [1.807, 2.05) is 0 Å². The van der Waals surface area contributed by atoms with Crippen LogP contribution in [0.2, 0.25) is 0 Å². The van der Waals surface area contributed by atoms with E-state index in [0.717, 1.165) is 12.8 Å². The van der Waals surface area contributed by atoms with Crippen LogP contribution in [0.1, 0.15) is 12.8 Å². The molecule has 3 N–H and O–H groups in total. The maximum Gasteiger partial charge on any atom is 0.405 e. The zero-order valence-corrected chi connectivity index (χ0v) is 9.06. The van der Waals surface area contributed by atoms with E-state index in [1.165, 1.54) is 0 Å². The zero-order chi connectivity index (χ0) is 12.9. The minimum absolute atomic E-state index is 0.0806. The Labute approximate surface area is 96.1 Å². The average molecular weight is 253 g/mol. The number of carbonyl (C=O) groups is 2. The summed E-state index contributed by atoms with van der Waals surface area (Å²) in [5.41, 5.74) is 0. The fourth-order valence-corrected chi connectivity index (χ4v) is 1.03. The van der Waals surface area contributed by atoms with Gasteiger partial charge in [0.15, 0.2) is 0 Å². The smallest absolute Gasteiger partial charge is 0.346 e. The monoisotopic (exact) mass is 253 g/mol. The van der Waals surface area contributed by atoms with Crippen molar-refractivity contribution in [1.29, 1.82) is 0 Å². The van der Waals surface area contributed by atoms with Crippen molar-refractivity contribution < 1.29 is 22.8 Å². The molecule has 0 aromatic rings. The molecule has 0 unspecified atom stereocenters. The van der Waals surface area contributed by atoms with Crippen LogP contribution >= 0.6 is 0 Å². The second-order valence-corrected chi connectivity index (χ2v) is 3.82. The molecule has 5 nitrogen and oxygen atoms in total. The Kier molecular flexibility index (Phi) is 4.73. The fraction of sp³-hybridized carbons (Fsp3) is 0.778. The predicted octanol–water partition coefficient (Wildman–Crippen LogP) is -0.467. The highest BCUT2D eigenvalue weighted by Crippen LogP contribution is 2.17. The van der Waals surface area contributed by atoms with E-state index in [0.29, 0.717) is 6.04 Å². The van der Waals surface area contributed by atoms with Gasteiger partial charge < -0.3 is 16.0 Å². The Balaban J connectivity index is 2.03. The molecule has 2 amide bonds. The maximum absolute atomic E-state index is 11.7. The summed E-state index contributed by atoms with van der Waals surface area (Å²) in [6.07, 6.45) is -2.38. The lowest BCUT2D eigenvalue weighted by atomic mass is 10.5. The summed E-state index contributed by atoms with van der Waals surface area (Å²) in [5, 5.41) is 6.79. The van der Waals surface area contributed by atoms with Gasteiger partial charge in [0.05, 0.1) is 13.1 Å². The number of nitrogens with one attached hydrogen (secondary N) is 3. The molecule has 0 spiro atoms. The number of halogens is 3. The van der Waals surface area contributed by atoms with Crippen molar-refractivity contribution in [3.8, 4) is 0 Å². The summed E-state index contributed by atoms with van der Waals surface area (Å²) < 4.78 is 35.2. The summed E-state index contributed by atoms with van der Waals surface area (Å²) in [5.74, 6) is -1.26. The van der Waals surface area contributed by atoms with E-state index >= 15 is 0 Å². The molecule has 0 aromatic heterocycles. The van der Waals surface area contributed by atoms with Crippen molar-refractivity contribution in [3.63, 3.8) is 0 Å². The molecule has 1 aliphatic carbocycles. The lowest BCUT2D eigenvalue weighted by molar-refractivity contribution is -0.138. The Hall–Kier alpha value is -1.31. The van der Waals surface area contributed by atoms with Gasteiger partial charge >= 0.3 is 6.18 Å². The van der Waals surface area contributed by atoms with Gasteiger partial charge in [-0.25, -0.2) is 0 Å². The number of amides is 2. The number of hydrogen-bond acceptors (Lipinski definition) is 3. The molecule has 0 radical (unpaired) electrons. The molecular formula is C9H14F3N3O2. The largest absolute Gasteiger partial charge is 0.405 e. The van der Waals surface area contributed by atoms with Crippen LogP contribution in [0.3, 0.4) is 0 Å². The minimum Gasteiger partial charge on any atom is -0.346 e. The zero-order valence-electron chi connectivity index (χ0n) is 9.06. The minimum atomic E-state index is -4.44. The highest BCUT2D eigenvalue weighted by Gasteiger charge is 2.27. The van der Waals surface area contributed by atoms with E-state index in [9.17, 15) is 22.8 Å². The van der Waals surface area contributed by atoms with Crippen LogP contribution in [0.15, 0.2) is 0 Å². The third-order valence-electron chi connectivity index (χ3n) is 2.06. The van der Waals surface area contributed by atoms with Gasteiger partial charge in [0.2, 0.25) is 11.8 Å². The maximum atomic E-state index is 11.7. The quantitative estimate of drug-likeness (QED) is 0.599. The molecular weight excluding hydrogens is 239 g/mol. The predicted molar refractivity (Wildman–Crippen MR) is 53.1 cm³/mol. The van der Waals surface area contributed by atoms with Crippen molar-refractivity contribution in [1.82, 2.24) is 16.0 Å². The molecule has 1 rings (SSSR count). The Morgan fingerprint density at radius 2 is 1.65 bits per heavy atom. The first-order valence-electron chi connectivity index (χ1n) is 5.20. The van der Waals surface area contributed by atoms with Gasteiger partial charge in [-0.2, -0.15) is 13.2 Å². The molecule has 0 atom stereocenters. The summed E-state index contributed by atoms with van der Waals surface area (Å²) in [6, 6.07) is 0.361. The van der Waals surface area contributed by atoms with E-state index in [1.54, 1.807) is 5.32 Å². The molecule has 0 bridgehead atoms. The van der Waals surface area contributed by atoms with Gasteiger partial charge in [0.1, 0.15) is 6.54 Å². The van der Waals surface area contributed by atoms with E-state index in [2.05, 4.69) is 10.6 Å². The van der Waals surface area contributed by atoms with Crippen molar-refractivity contribution in [2.24, 2.45) is 0 Å². The van der Waals surface area contributed by atoms with Crippen molar-refractivity contribution in [2.45, 2.75) is 25.1 Å². The Bertz CT molecular complexity index is 290. The molecule has 0 aliphatic heterocycles. The summed E-state index contributed by atoms with van der Waals surface area (Å²) >= 11 is 0.